The van der Waals surface area contributed by atoms with Gasteiger partial charge in [0.15, 0.2) is 0 Å². The summed E-state index contributed by atoms with van der Waals surface area (Å²) in [4.78, 5) is 17.7. The largest absolute Gasteiger partial charge is 0.488 e. The molecule has 0 radical (unpaired) electrons. The summed E-state index contributed by atoms with van der Waals surface area (Å²) in [7, 11) is 0. The third-order valence-corrected chi connectivity index (χ3v) is 9.26. The van der Waals surface area contributed by atoms with E-state index in [2.05, 4.69) is 44.2 Å². The summed E-state index contributed by atoms with van der Waals surface area (Å²) in [5, 5.41) is 11.6. The van der Waals surface area contributed by atoms with Gasteiger partial charge in [-0.15, -0.1) is 0 Å². The van der Waals surface area contributed by atoms with Gasteiger partial charge in [0.1, 0.15) is 29.1 Å². The third kappa shape index (κ3) is 5.70. The minimum absolute atomic E-state index is 0.0961. The molecule has 0 saturated carbocycles. The second kappa shape index (κ2) is 11.7. The summed E-state index contributed by atoms with van der Waals surface area (Å²) in [5.74, 6) is 1.25. The van der Waals surface area contributed by atoms with E-state index in [0.29, 0.717) is 18.8 Å². The molecule has 2 heterocycles. The van der Waals surface area contributed by atoms with E-state index >= 15 is 4.79 Å². The van der Waals surface area contributed by atoms with Crippen molar-refractivity contribution < 1.29 is 19.4 Å². The van der Waals surface area contributed by atoms with Gasteiger partial charge in [0.2, 0.25) is 5.91 Å². The monoisotopic (exact) mass is 623 g/mol. The van der Waals surface area contributed by atoms with Crippen molar-refractivity contribution in [2.24, 2.45) is 0 Å². The molecule has 5 aromatic rings. The Labute approximate surface area is 277 Å². The molecule has 0 aliphatic carbocycles. The van der Waals surface area contributed by atoms with Crippen LogP contribution in [0.3, 0.4) is 0 Å². The highest BCUT2D eigenvalue weighted by molar-refractivity contribution is 6.12. The van der Waals surface area contributed by atoms with Crippen LogP contribution in [0.1, 0.15) is 73.5 Å². The van der Waals surface area contributed by atoms with Gasteiger partial charge in [0, 0.05) is 23.7 Å². The molecule has 7 rings (SSSR count). The van der Waals surface area contributed by atoms with Crippen LogP contribution < -0.4 is 14.4 Å². The van der Waals surface area contributed by atoms with E-state index < -0.39 is 16.6 Å². The average Bonchev–Trinajstić information content (AvgIpc) is 3.49. The molecule has 1 N–H and O–H groups in total. The summed E-state index contributed by atoms with van der Waals surface area (Å²) in [6, 6.07) is 42.1. The standard InChI is InChI=1S/C42H41NO4/c1-40(2,45)28-42(34-24-32-26-41(3,4)47-36(32)25-37(34)46-27-29-16-8-5-9-17-29)33-22-14-15-23-35(33)43(39(42)44)38(30-18-10-6-11-19-30)31-20-12-7-13-21-31/h5-25,38,45H,26-28H2,1-4H3. The van der Waals surface area contributed by atoms with E-state index in [9.17, 15) is 5.11 Å². The number of para-hydroxylation sites is 1. The number of carbonyl (C=O) groups excluding carboxylic acids is 1. The van der Waals surface area contributed by atoms with Crippen molar-refractivity contribution in [2.45, 2.75) is 69.8 Å². The zero-order valence-electron chi connectivity index (χ0n) is 27.4. The number of nitrogens with zero attached hydrogens (tertiary/aromatic N) is 1. The van der Waals surface area contributed by atoms with Crippen LogP contribution in [0.25, 0.3) is 0 Å². The second-order valence-corrected chi connectivity index (χ2v) is 14.1. The van der Waals surface area contributed by atoms with Crippen LogP contribution >= 0.6 is 0 Å². The Balaban J connectivity index is 1.47. The van der Waals surface area contributed by atoms with Crippen molar-refractivity contribution in [3.63, 3.8) is 0 Å². The van der Waals surface area contributed by atoms with Gasteiger partial charge >= 0.3 is 0 Å². The number of benzene rings is 5. The van der Waals surface area contributed by atoms with Crippen molar-refractivity contribution in [2.75, 3.05) is 4.90 Å². The molecular weight excluding hydrogens is 582 g/mol. The Morgan fingerprint density at radius 2 is 1.38 bits per heavy atom. The van der Waals surface area contributed by atoms with Gasteiger partial charge in [-0.3, -0.25) is 9.69 Å². The van der Waals surface area contributed by atoms with Crippen LogP contribution in [0.15, 0.2) is 127 Å². The molecule has 1 unspecified atom stereocenters. The number of fused-ring (bicyclic) bond motifs is 2. The lowest BCUT2D eigenvalue weighted by Crippen LogP contribution is -2.47. The number of hydrogen-bond acceptors (Lipinski definition) is 4. The van der Waals surface area contributed by atoms with Gasteiger partial charge in [-0.1, -0.05) is 109 Å². The van der Waals surface area contributed by atoms with Crippen molar-refractivity contribution in [1.29, 1.82) is 0 Å². The second-order valence-electron chi connectivity index (χ2n) is 14.1. The SMILES string of the molecule is CC(C)(O)CC1(c2cc3c(cc2OCc2ccccc2)OC(C)(C)C3)C(=O)N(C(c2ccccc2)c2ccccc2)c2ccccc21. The van der Waals surface area contributed by atoms with Crippen LogP contribution in [0, 0.1) is 0 Å². The highest BCUT2D eigenvalue weighted by atomic mass is 16.5. The van der Waals surface area contributed by atoms with Crippen molar-refractivity contribution in [3.8, 4) is 11.5 Å². The first-order valence-electron chi connectivity index (χ1n) is 16.3. The zero-order valence-corrected chi connectivity index (χ0v) is 27.4. The molecule has 2 aliphatic heterocycles. The van der Waals surface area contributed by atoms with Gasteiger partial charge in [-0.05, 0) is 74.1 Å². The predicted octanol–water partition coefficient (Wildman–Crippen LogP) is 8.56. The fraction of sp³-hybridized carbons (Fsp3) is 0.262. The number of aliphatic hydroxyl groups is 1. The summed E-state index contributed by atoms with van der Waals surface area (Å²) in [5.41, 5.74) is 3.65. The number of hydrogen-bond donors (Lipinski definition) is 1. The maximum Gasteiger partial charge on any atom is 0.243 e. The molecule has 0 aromatic heterocycles. The summed E-state index contributed by atoms with van der Waals surface area (Å²) in [6.07, 6.45) is 0.858. The van der Waals surface area contributed by atoms with Crippen molar-refractivity contribution in [3.05, 3.63) is 161 Å². The third-order valence-electron chi connectivity index (χ3n) is 9.26. The van der Waals surface area contributed by atoms with E-state index in [-0.39, 0.29) is 18.4 Å². The molecule has 0 fully saturated rings. The number of carbonyl (C=O) groups is 1. The van der Waals surface area contributed by atoms with Gasteiger partial charge in [-0.2, -0.15) is 0 Å². The molecule has 0 saturated heterocycles. The number of amides is 1. The Bertz CT molecular complexity index is 1860. The van der Waals surface area contributed by atoms with E-state index in [4.69, 9.17) is 9.47 Å². The van der Waals surface area contributed by atoms with E-state index in [1.54, 1.807) is 13.8 Å². The quantitative estimate of drug-likeness (QED) is 0.179. The van der Waals surface area contributed by atoms with E-state index in [1.165, 1.54) is 0 Å². The first-order chi connectivity index (χ1) is 22.6. The van der Waals surface area contributed by atoms with Gasteiger partial charge in [0.25, 0.3) is 0 Å². The lowest BCUT2D eigenvalue weighted by molar-refractivity contribution is -0.124. The molecule has 47 heavy (non-hydrogen) atoms. The molecule has 1 atom stereocenters. The highest BCUT2D eigenvalue weighted by Crippen LogP contribution is 2.56. The van der Waals surface area contributed by atoms with Crippen molar-refractivity contribution >= 4 is 11.6 Å². The van der Waals surface area contributed by atoms with Crippen LogP contribution in [0.5, 0.6) is 11.5 Å². The minimum Gasteiger partial charge on any atom is -0.488 e. The summed E-state index contributed by atoms with van der Waals surface area (Å²) >= 11 is 0. The van der Waals surface area contributed by atoms with Gasteiger partial charge in [0.05, 0.1) is 11.6 Å². The predicted molar refractivity (Wildman–Crippen MR) is 186 cm³/mol. The number of anilines is 1. The highest BCUT2D eigenvalue weighted by Gasteiger charge is 2.57. The first kappa shape index (κ1) is 30.8. The van der Waals surface area contributed by atoms with E-state index in [1.807, 2.05) is 102 Å². The van der Waals surface area contributed by atoms with Gasteiger partial charge < -0.3 is 14.6 Å². The van der Waals surface area contributed by atoms with Crippen LogP contribution in [-0.4, -0.2) is 22.2 Å². The smallest absolute Gasteiger partial charge is 0.243 e. The van der Waals surface area contributed by atoms with Crippen molar-refractivity contribution in [1.82, 2.24) is 0 Å². The molecule has 238 valence electrons. The average molecular weight is 624 g/mol. The summed E-state index contributed by atoms with van der Waals surface area (Å²) < 4.78 is 13.0. The molecule has 1 amide bonds. The maximum absolute atomic E-state index is 15.7. The lowest BCUT2D eigenvalue weighted by atomic mass is 9.68. The van der Waals surface area contributed by atoms with E-state index in [0.717, 1.165) is 44.8 Å². The normalized spacial score (nSPS) is 18.2. The lowest BCUT2D eigenvalue weighted by Gasteiger charge is -2.37. The topological polar surface area (TPSA) is 59.0 Å². The Morgan fingerprint density at radius 1 is 0.809 bits per heavy atom. The molecule has 5 nitrogen and oxygen atoms in total. The van der Waals surface area contributed by atoms with Crippen LogP contribution in [0.4, 0.5) is 5.69 Å². The molecule has 0 bridgehead atoms. The molecule has 0 spiro atoms. The zero-order chi connectivity index (χ0) is 32.8. The van der Waals surface area contributed by atoms with Gasteiger partial charge in [-0.25, -0.2) is 0 Å². The fourth-order valence-corrected chi connectivity index (χ4v) is 7.49. The van der Waals surface area contributed by atoms with Crippen LogP contribution in [-0.2, 0) is 23.2 Å². The minimum atomic E-state index is -1.25. The number of ether oxygens (including phenoxy) is 2. The fourth-order valence-electron chi connectivity index (χ4n) is 7.49. The number of rotatable bonds is 9. The molecule has 2 aliphatic rings. The molecule has 5 aromatic carbocycles. The first-order valence-corrected chi connectivity index (χ1v) is 16.3. The Kier molecular flexibility index (Phi) is 7.68. The Hall–Kier alpha value is -4.87. The molecule has 5 heteroatoms. The Morgan fingerprint density at radius 3 is 2.00 bits per heavy atom. The molecular formula is C42H41NO4. The van der Waals surface area contributed by atoms with Crippen LogP contribution in [0.2, 0.25) is 0 Å². The summed E-state index contributed by atoms with van der Waals surface area (Å²) in [6.45, 7) is 8.04. The maximum atomic E-state index is 15.7.